The zero-order chi connectivity index (χ0) is 12.9. The number of nitrogens with zero attached hydrogens (tertiary/aromatic N) is 2. The number of alkyl halides is 3. The van der Waals surface area contributed by atoms with Crippen LogP contribution in [0.2, 0.25) is 0 Å². The Morgan fingerprint density at radius 1 is 1.35 bits per heavy atom. The highest BCUT2D eigenvalue weighted by Crippen LogP contribution is 2.21. The fourth-order valence-electron chi connectivity index (χ4n) is 1.12. The number of aromatic nitrogens is 2. The van der Waals surface area contributed by atoms with E-state index in [1.807, 2.05) is 6.92 Å². The van der Waals surface area contributed by atoms with Crippen molar-refractivity contribution in [2.24, 2.45) is 0 Å². The fraction of sp³-hybridized carbons (Fsp3) is 0.600. The average Bonchev–Trinajstić information content (AvgIpc) is 2.22. The Hall–Kier alpha value is -0.850. The van der Waals surface area contributed by atoms with Crippen LogP contribution in [0.1, 0.15) is 25.6 Å². The van der Waals surface area contributed by atoms with Crippen molar-refractivity contribution in [3.05, 3.63) is 16.5 Å². The zero-order valence-electron chi connectivity index (χ0n) is 9.22. The summed E-state index contributed by atoms with van der Waals surface area (Å²) < 4.78 is 41.3. The zero-order valence-corrected chi connectivity index (χ0v) is 10.8. The van der Waals surface area contributed by atoms with Gasteiger partial charge in [0, 0.05) is 18.9 Å². The second-order valence-corrected chi connectivity index (χ2v) is 4.18. The molecule has 0 amide bonds. The topological polar surface area (TPSA) is 35.0 Å². The summed E-state index contributed by atoms with van der Waals surface area (Å²) in [6.45, 7) is 1.88. The highest BCUT2D eigenvalue weighted by atomic mass is 79.9. The highest BCUT2D eigenvalue weighted by Gasteiger charge is 2.26. The van der Waals surface area contributed by atoms with Gasteiger partial charge in [0.25, 0.3) is 0 Å². The summed E-state index contributed by atoms with van der Waals surface area (Å²) in [7, 11) is 0. The Morgan fingerprint density at radius 2 is 2.06 bits per heavy atom. The Bertz CT molecular complexity index is 371. The minimum Gasteiger partial charge on any atom is -0.478 e. The van der Waals surface area contributed by atoms with Crippen LogP contribution in [0.4, 0.5) is 13.2 Å². The van der Waals surface area contributed by atoms with Crippen molar-refractivity contribution in [3.8, 4) is 5.88 Å². The van der Waals surface area contributed by atoms with Gasteiger partial charge in [-0.05, 0) is 22.4 Å². The van der Waals surface area contributed by atoms with Gasteiger partial charge in [-0.2, -0.15) is 18.2 Å². The van der Waals surface area contributed by atoms with Gasteiger partial charge in [0.05, 0.1) is 6.61 Å². The fourth-order valence-corrected chi connectivity index (χ4v) is 1.52. The molecular formula is C10H12BrF3N2O. The Labute approximate surface area is 106 Å². The molecule has 96 valence electrons. The lowest BCUT2D eigenvalue weighted by Gasteiger charge is -2.08. The molecule has 1 aromatic heterocycles. The van der Waals surface area contributed by atoms with Gasteiger partial charge in [-0.25, -0.2) is 4.98 Å². The van der Waals surface area contributed by atoms with E-state index in [4.69, 9.17) is 4.74 Å². The van der Waals surface area contributed by atoms with Gasteiger partial charge in [0.15, 0.2) is 0 Å². The van der Waals surface area contributed by atoms with Crippen LogP contribution < -0.4 is 4.74 Å². The molecule has 7 heteroatoms. The normalized spacial score (nSPS) is 11.6. The molecule has 17 heavy (non-hydrogen) atoms. The lowest BCUT2D eigenvalue weighted by atomic mass is 10.3. The minimum atomic E-state index is -4.13. The third-order valence-corrected chi connectivity index (χ3v) is 2.29. The van der Waals surface area contributed by atoms with E-state index in [0.29, 0.717) is 22.7 Å². The van der Waals surface area contributed by atoms with E-state index in [1.54, 1.807) is 0 Å². The van der Waals surface area contributed by atoms with Crippen LogP contribution in [0.15, 0.2) is 10.7 Å². The number of hydrogen-bond donors (Lipinski definition) is 0. The SMILES string of the molecule is CCc1nc(Br)cc(OCCCC(F)(F)F)n1. The van der Waals surface area contributed by atoms with E-state index in [2.05, 4.69) is 25.9 Å². The first-order valence-electron chi connectivity index (χ1n) is 5.13. The molecule has 0 radical (unpaired) electrons. The number of halogens is 4. The molecule has 0 N–H and O–H groups in total. The molecule has 0 fully saturated rings. The molecule has 0 saturated carbocycles. The smallest absolute Gasteiger partial charge is 0.389 e. The molecule has 3 nitrogen and oxygen atoms in total. The van der Waals surface area contributed by atoms with Crippen molar-refractivity contribution < 1.29 is 17.9 Å². The standard InChI is InChI=1S/C10H12BrF3N2O/c1-2-8-15-7(11)6-9(16-8)17-5-3-4-10(12,13)14/h6H,2-5H2,1H3. The molecule has 0 unspecified atom stereocenters. The van der Waals surface area contributed by atoms with Crippen LogP contribution in [-0.4, -0.2) is 22.8 Å². The van der Waals surface area contributed by atoms with Gasteiger partial charge in [-0.1, -0.05) is 6.92 Å². The van der Waals surface area contributed by atoms with Crippen LogP contribution in [0.5, 0.6) is 5.88 Å². The quantitative estimate of drug-likeness (QED) is 0.616. The maximum atomic E-state index is 11.9. The summed E-state index contributed by atoms with van der Waals surface area (Å²) in [5.74, 6) is 0.885. The Kier molecular flexibility index (Phi) is 5.17. The first-order valence-corrected chi connectivity index (χ1v) is 5.93. The van der Waals surface area contributed by atoms with Gasteiger partial charge in [-0.15, -0.1) is 0 Å². The van der Waals surface area contributed by atoms with Crippen molar-refractivity contribution in [1.82, 2.24) is 9.97 Å². The maximum Gasteiger partial charge on any atom is 0.389 e. The van der Waals surface area contributed by atoms with Crippen LogP contribution in [0, 0.1) is 0 Å². The second-order valence-electron chi connectivity index (χ2n) is 3.37. The summed E-state index contributed by atoms with van der Waals surface area (Å²) in [4.78, 5) is 8.11. The van der Waals surface area contributed by atoms with Gasteiger partial charge < -0.3 is 4.74 Å². The van der Waals surface area contributed by atoms with Crippen molar-refractivity contribution in [1.29, 1.82) is 0 Å². The van der Waals surface area contributed by atoms with Gasteiger partial charge >= 0.3 is 6.18 Å². The molecule has 0 saturated heterocycles. The molecule has 0 aliphatic rings. The lowest BCUT2D eigenvalue weighted by molar-refractivity contribution is -0.136. The third kappa shape index (κ3) is 5.86. The number of rotatable bonds is 5. The number of aryl methyl sites for hydroxylation is 1. The second kappa shape index (κ2) is 6.18. The monoisotopic (exact) mass is 312 g/mol. The lowest BCUT2D eigenvalue weighted by Crippen LogP contribution is -2.10. The minimum absolute atomic E-state index is 0.00782. The first-order chi connectivity index (χ1) is 7.90. The van der Waals surface area contributed by atoms with Gasteiger partial charge in [-0.3, -0.25) is 0 Å². The largest absolute Gasteiger partial charge is 0.478 e. The molecule has 0 spiro atoms. The van der Waals surface area contributed by atoms with E-state index in [9.17, 15) is 13.2 Å². The van der Waals surface area contributed by atoms with Gasteiger partial charge in [0.1, 0.15) is 10.4 Å². The molecule has 0 aromatic carbocycles. The van der Waals surface area contributed by atoms with Crippen LogP contribution >= 0.6 is 15.9 Å². The summed E-state index contributed by atoms with van der Waals surface area (Å²) in [6, 6.07) is 1.53. The first kappa shape index (κ1) is 14.2. The molecule has 0 aliphatic carbocycles. The van der Waals surface area contributed by atoms with Gasteiger partial charge in [0.2, 0.25) is 5.88 Å². The highest BCUT2D eigenvalue weighted by molar-refractivity contribution is 9.10. The van der Waals surface area contributed by atoms with E-state index >= 15 is 0 Å². The van der Waals surface area contributed by atoms with E-state index < -0.39 is 12.6 Å². The predicted octanol–water partition coefficient (Wildman–Crippen LogP) is 3.52. The van der Waals surface area contributed by atoms with Crippen molar-refractivity contribution in [2.45, 2.75) is 32.4 Å². The number of ether oxygens (including phenoxy) is 1. The van der Waals surface area contributed by atoms with Crippen molar-refractivity contribution in [3.63, 3.8) is 0 Å². The van der Waals surface area contributed by atoms with Crippen LogP contribution in [0.25, 0.3) is 0 Å². The molecule has 0 bridgehead atoms. The van der Waals surface area contributed by atoms with Crippen LogP contribution in [0.3, 0.4) is 0 Å². The predicted molar refractivity (Wildman–Crippen MR) is 59.9 cm³/mol. The van der Waals surface area contributed by atoms with Crippen molar-refractivity contribution in [2.75, 3.05) is 6.61 Å². The Balaban J connectivity index is 2.44. The van der Waals surface area contributed by atoms with E-state index in [1.165, 1.54) is 6.07 Å². The molecule has 1 rings (SSSR count). The average molecular weight is 313 g/mol. The summed E-state index contributed by atoms with van der Waals surface area (Å²) in [6.07, 6.45) is -4.42. The number of hydrogen-bond acceptors (Lipinski definition) is 3. The van der Waals surface area contributed by atoms with Crippen LogP contribution in [-0.2, 0) is 6.42 Å². The summed E-state index contributed by atoms with van der Waals surface area (Å²) in [5, 5.41) is 0. The van der Waals surface area contributed by atoms with E-state index in [0.717, 1.165) is 0 Å². The summed E-state index contributed by atoms with van der Waals surface area (Å²) in [5.41, 5.74) is 0. The summed E-state index contributed by atoms with van der Waals surface area (Å²) >= 11 is 3.18. The Morgan fingerprint density at radius 3 is 2.65 bits per heavy atom. The molecule has 1 heterocycles. The molecule has 0 aliphatic heterocycles. The molecular weight excluding hydrogens is 301 g/mol. The van der Waals surface area contributed by atoms with E-state index in [-0.39, 0.29) is 13.0 Å². The molecule has 0 atom stereocenters. The maximum absolute atomic E-state index is 11.9. The van der Waals surface area contributed by atoms with Crippen molar-refractivity contribution >= 4 is 15.9 Å². The molecule has 1 aromatic rings. The third-order valence-electron chi connectivity index (χ3n) is 1.89.